The summed E-state index contributed by atoms with van der Waals surface area (Å²) in [6, 6.07) is 12.6. The molecule has 0 bridgehead atoms. The molecule has 1 heterocycles. The normalized spacial score (nSPS) is 14.5. The van der Waals surface area contributed by atoms with Crippen molar-refractivity contribution in [2.24, 2.45) is 0 Å². The van der Waals surface area contributed by atoms with Gasteiger partial charge in [0.1, 0.15) is 0 Å². The lowest BCUT2D eigenvalue weighted by Crippen LogP contribution is -2.44. The van der Waals surface area contributed by atoms with Crippen molar-refractivity contribution in [2.45, 2.75) is 26.3 Å². The van der Waals surface area contributed by atoms with Gasteiger partial charge in [0, 0.05) is 18.7 Å². The Morgan fingerprint density at radius 3 is 2.54 bits per heavy atom. The number of hydrazine groups is 1. The fourth-order valence-electron chi connectivity index (χ4n) is 2.96. The van der Waals surface area contributed by atoms with Gasteiger partial charge in [-0.3, -0.25) is 19.5 Å². The maximum atomic E-state index is 12.4. The van der Waals surface area contributed by atoms with Crippen molar-refractivity contribution in [2.75, 3.05) is 11.3 Å². The van der Waals surface area contributed by atoms with Crippen LogP contribution in [0.15, 0.2) is 42.5 Å². The summed E-state index contributed by atoms with van der Waals surface area (Å²) in [6.45, 7) is 3.18. The van der Waals surface area contributed by atoms with Crippen LogP contribution >= 0.6 is 0 Å². The van der Waals surface area contributed by atoms with Crippen LogP contribution in [0.5, 0.6) is 0 Å². The van der Waals surface area contributed by atoms with Gasteiger partial charge in [-0.15, -0.1) is 0 Å². The smallest absolute Gasteiger partial charge is 0.284 e. The topological polar surface area (TPSA) is 98.7 Å². The van der Waals surface area contributed by atoms with Crippen LogP contribution in [-0.4, -0.2) is 30.4 Å². The molecule has 1 amide bonds. The first-order valence-electron chi connectivity index (χ1n) is 8.36. The molecule has 0 radical (unpaired) electrons. The average Bonchev–Trinajstić information content (AvgIpc) is 2.60. The van der Waals surface area contributed by atoms with Crippen molar-refractivity contribution < 1.29 is 17.8 Å². The summed E-state index contributed by atoms with van der Waals surface area (Å²) >= 11 is 0. The highest BCUT2D eigenvalue weighted by Gasteiger charge is 2.19. The largest absolute Gasteiger partial charge is 0.357 e. The third-order valence-electron chi connectivity index (χ3n) is 4.35. The Bertz CT molecular complexity index is 911. The third-order valence-corrected chi connectivity index (χ3v) is 4.84. The first kappa shape index (κ1) is 18.4. The zero-order valence-electron chi connectivity index (χ0n) is 14.4. The summed E-state index contributed by atoms with van der Waals surface area (Å²) in [5.74, 6) is -0.177. The van der Waals surface area contributed by atoms with Gasteiger partial charge in [-0.05, 0) is 53.8 Å². The molecule has 0 saturated carbocycles. The van der Waals surface area contributed by atoms with E-state index in [-0.39, 0.29) is 11.6 Å². The molecule has 7 nitrogen and oxygen atoms in total. The average molecular weight is 375 g/mol. The van der Waals surface area contributed by atoms with E-state index in [1.165, 1.54) is 5.56 Å². The summed E-state index contributed by atoms with van der Waals surface area (Å²) in [5, 5.41) is 1.80. The van der Waals surface area contributed by atoms with Crippen molar-refractivity contribution in [1.82, 2.24) is 10.4 Å². The molecule has 0 atom stereocenters. The molecule has 3 N–H and O–H groups in total. The number of nitrogens with zero attached hydrogens (tertiary/aromatic N) is 1. The lowest BCUT2D eigenvalue weighted by atomic mass is 10.00. The van der Waals surface area contributed by atoms with Crippen LogP contribution in [-0.2, 0) is 29.7 Å². The molecule has 0 unspecified atom stereocenters. The maximum absolute atomic E-state index is 12.4. The number of hydrogen-bond acceptors (Lipinski definition) is 4. The second-order valence-electron chi connectivity index (χ2n) is 6.22. The van der Waals surface area contributed by atoms with Crippen molar-refractivity contribution in [3.05, 3.63) is 64.7 Å². The Balaban J connectivity index is 1.68. The Kier molecular flexibility index (Phi) is 5.26. The van der Waals surface area contributed by atoms with Gasteiger partial charge in [-0.2, -0.15) is 8.42 Å². The number of aryl methyl sites for hydroxylation is 1. The number of nitrogens with one attached hydrogen (secondary N) is 2. The zero-order valence-corrected chi connectivity index (χ0v) is 15.2. The molecular formula is C18H21N3O4S. The first-order valence-corrected chi connectivity index (χ1v) is 9.80. The first-order chi connectivity index (χ1) is 12.3. The molecule has 3 rings (SSSR count). The van der Waals surface area contributed by atoms with E-state index in [4.69, 9.17) is 4.55 Å². The quantitative estimate of drug-likeness (QED) is 0.696. The van der Waals surface area contributed by atoms with E-state index in [1.807, 2.05) is 22.9 Å². The van der Waals surface area contributed by atoms with Crippen LogP contribution < -0.4 is 10.1 Å². The van der Waals surface area contributed by atoms with Gasteiger partial charge in [-0.25, -0.2) is 5.01 Å². The lowest BCUT2D eigenvalue weighted by Gasteiger charge is -2.29. The van der Waals surface area contributed by atoms with Crippen LogP contribution in [0.3, 0.4) is 0 Å². The van der Waals surface area contributed by atoms with Gasteiger partial charge in [0.15, 0.2) is 0 Å². The van der Waals surface area contributed by atoms with E-state index in [9.17, 15) is 13.2 Å². The van der Waals surface area contributed by atoms with Crippen molar-refractivity contribution in [3.63, 3.8) is 0 Å². The molecule has 2 aromatic carbocycles. The predicted octanol–water partition coefficient (Wildman–Crippen LogP) is 2.17. The predicted molar refractivity (Wildman–Crippen MR) is 99.0 cm³/mol. The van der Waals surface area contributed by atoms with E-state index in [2.05, 4.69) is 12.3 Å². The number of benzene rings is 2. The molecule has 0 saturated heterocycles. The molecule has 0 aromatic heterocycles. The van der Waals surface area contributed by atoms with Gasteiger partial charge in [0.25, 0.3) is 5.91 Å². The number of carbonyl (C=O) groups excluding carboxylic acids is 1. The summed E-state index contributed by atoms with van der Waals surface area (Å²) in [7, 11) is -4.31. The fraction of sp³-hybridized carbons (Fsp3) is 0.278. The van der Waals surface area contributed by atoms with Crippen molar-refractivity contribution in [3.8, 4) is 0 Å². The molecule has 1 aliphatic rings. The Hall–Kier alpha value is -2.42. The van der Waals surface area contributed by atoms with Crippen molar-refractivity contribution in [1.29, 1.82) is 0 Å². The fourth-order valence-corrected chi connectivity index (χ4v) is 3.39. The van der Waals surface area contributed by atoms with Gasteiger partial charge in [0.2, 0.25) is 0 Å². The molecule has 0 fully saturated rings. The molecule has 1 aliphatic heterocycles. The minimum Gasteiger partial charge on any atom is -0.284 e. The van der Waals surface area contributed by atoms with Crippen molar-refractivity contribution >= 4 is 21.9 Å². The standard InChI is InChI=1S/C18H21N3O4S/c1-2-13-3-5-15(6-4-13)18(22)19-21-10-9-14-7-8-17(11-16(14)12-21)20-26(23,24)25/h3-8,11,20H,2,9-10,12H2,1H3,(H,19,22)(H,23,24,25). The SMILES string of the molecule is CCc1ccc(C(=O)NN2CCc3ccc(NS(=O)(=O)O)cc3C2)cc1. The van der Waals surface area contributed by atoms with Crippen LogP contribution in [0.1, 0.15) is 34.0 Å². The highest BCUT2D eigenvalue weighted by molar-refractivity contribution is 7.87. The van der Waals surface area contributed by atoms with Gasteiger partial charge in [-0.1, -0.05) is 25.1 Å². The van der Waals surface area contributed by atoms with Crippen LogP contribution in [0.4, 0.5) is 5.69 Å². The number of fused-ring (bicyclic) bond motifs is 1. The highest BCUT2D eigenvalue weighted by Crippen LogP contribution is 2.22. The Labute approximate surface area is 152 Å². The summed E-state index contributed by atoms with van der Waals surface area (Å²) in [6.07, 6.45) is 1.65. The van der Waals surface area contributed by atoms with E-state index >= 15 is 0 Å². The Morgan fingerprint density at radius 1 is 1.15 bits per heavy atom. The van der Waals surface area contributed by atoms with Gasteiger partial charge >= 0.3 is 10.3 Å². The van der Waals surface area contributed by atoms with E-state index in [1.54, 1.807) is 29.3 Å². The molecular weight excluding hydrogens is 354 g/mol. The second kappa shape index (κ2) is 7.45. The molecule has 0 aliphatic carbocycles. The molecule has 2 aromatic rings. The van der Waals surface area contributed by atoms with Gasteiger partial charge in [0.05, 0.1) is 5.69 Å². The molecule has 8 heteroatoms. The summed E-state index contributed by atoms with van der Waals surface area (Å²) in [5.41, 5.74) is 6.92. The maximum Gasteiger partial charge on any atom is 0.357 e. The number of carbonyl (C=O) groups is 1. The molecule has 26 heavy (non-hydrogen) atoms. The number of amides is 1. The van der Waals surface area contributed by atoms with Gasteiger partial charge < -0.3 is 0 Å². The minimum atomic E-state index is -4.31. The summed E-state index contributed by atoms with van der Waals surface area (Å²) in [4.78, 5) is 12.4. The monoisotopic (exact) mass is 375 g/mol. The van der Waals surface area contributed by atoms with E-state index < -0.39 is 10.3 Å². The molecule has 138 valence electrons. The molecule has 0 spiro atoms. The highest BCUT2D eigenvalue weighted by atomic mass is 32.2. The third kappa shape index (κ3) is 4.60. The lowest BCUT2D eigenvalue weighted by molar-refractivity contribution is 0.0764. The van der Waals surface area contributed by atoms with Crippen LogP contribution in [0.2, 0.25) is 0 Å². The number of hydrogen-bond donors (Lipinski definition) is 3. The Morgan fingerprint density at radius 2 is 1.88 bits per heavy atom. The van der Waals surface area contributed by atoms with Crippen LogP contribution in [0, 0.1) is 0 Å². The van der Waals surface area contributed by atoms with E-state index in [0.29, 0.717) is 18.7 Å². The van der Waals surface area contributed by atoms with E-state index in [0.717, 1.165) is 24.0 Å². The second-order valence-corrected chi connectivity index (χ2v) is 7.38. The summed E-state index contributed by atoms with van der Waals surface area (Å²) < 4.78 is 32.9. The number of anilines is 1. The minimum absolute atomic E-state index is 0.177. The zero-order chi connectivity index (χ0) is 18.7. The van der Waals surface area contributed by atoms with Crippen LogP contribution in [0.25, 0.3) is 0 Å². The number of rotatable bonds is 5.